The van der Waals surface area contributed by atoms with Crippen molar-refractivity contribution in [3.63, 3.8) is 0 Å². The van der Waals surface area contributed by atoms with E-state index < -0.39 is 0 Å². The zero-order valence-electron chi connectivity index (χ0n) is 10.3. The van der Waals surface area contributed by atoms with E-state index in [0.717, 1.165) is 30.3 Å². The average molecular weight is 220 g/mol. The lowest BCUT2D eigenvalue weighted by Gasteiger charge is -2.33. The molecule has 2 rings (SSSR count). The van der Waals surface area contributed by atoms with Crippen molar-refractivity contribution in [1.82, 2.24) is 15.3 Å². The summed E-state index contributed by atoms with van der Waals surface area (Å²) in [5.74, 6) is 1.02. The summed E-state index contributed by atoms with van der Waals surface area (Å²) in [6, 6.07) is 0.545. The number of hydrogen-bond donors (Lipinski definition) is 1. The van der Waals surface area contributed by atoms with Crippen LogP contribution in [0.1, 0.15) is 24.2 Å². The van der Waals surface area contributed by atoms with Crippen LogP contribution in [0, 0.1) is 13.8 Å². The largest absolute Gasteiger partial charge is 0.354 e. The number of nitrogens with one attached hydrogen (secondary N) is 1. The van der Waals surface area contributed by atoms with E-state index in [2.05, 4.69) is 27.2 Å². The third-order valence-electron chi connectivity index (χ3n) is 3.20. The summed E-state index contributed by atoms with van der Waals surface area (Å²) < 4.78 is 0. The fourth-order valence-electron chi connectivity index (χ4n) is 2.20. The second-order valence-electron chi connectivity index (χ2n) is 4.53. The van der Waals surface area contributed by atoms with Crippen molar-refractivity contribution in [2.24, 2.45) is 0 Å². The van der Waals surface area contributed by atoms with Gasteiger partial charge in [-0.2, -0.15) is 0 Å². The van der Waals surface area contributed by atoms with E-state index in [0.29, 0.717) is 6.04 Å². The van der Waals surface area contributed by atoms with Gasteiger partial charge >= 0.3 is 0 Å². The van der Waals surface area contributed by atoms with E-state index in [-0.39, 0.29) is 0 Å². The van der Waals surface area contributed by atoms with Crippen LogP contribution < -0.4 is 10.2 Å². The molecule has 1 atom stereocenters. The fraction of sp³-hybridized carbons (Fsp3) is 0.667. The zero-order chi connectivity index (χ0) is 11.5. The molecule has 1 aliphatic heterocycles. The molecule has 0 radical (unpaired) electrons. The number of rotatable bonds is 2. The first-order valence-electron chi connectivity index (χ1n) is 5.92. The molecule has 88 valence electrons. The third-order valence-corrected chi connectivity index (χ3v) is 3.20. The Balaban J connectivity index is 2.18. The van der Waals surface area contributed by atoms with Crippen molar-refractivity contribution in [2.75, 3.05) is 25.0 Å². The van der Waals surface area contributed by atoms with Gasteiger partial charge in [0, 0.05) is 25.8 Å². The monoisotopic (exact) mass is 220 g/mol. The van der Waals surface area contributed by atoms with Gasteiger partial charge in [0.05, 0.1) is 11.4 Å². The summed E-state index contributed by atoms with van der Waals surface area (Å²) >= 11 is 0. The fourth-order valence-corrected chi connectivity index (χ4v) is 2.20. The molecule has 1 saturated heterocycles. The van der Waals surface area contributed by atoms with Gasteiger partial charge in [0.2, 0.25) is 0 Å². The Hall–Kier alpha value is -1.16. The Labute approximate surface area is 97.1 Å². The van der Waals surface area contributed by atoms with Gasteiger partial charge in [-0.05, 0) is 33.2 Å². The van der Waals surface area contributed by atoms with E-state index in [9.17, 15) is 0 Å². The quantitative estimate of drug-likeness (QED) is 0.815. The molecular weight excluding hydrogens is 200 g/mol. The second kappa shape index (κ2) is 4.78. The molecule has 0 spiro atoms. The van der Waals surface area contributed by atoms with Gasteiger partial charge in [-0.15, -0.1) is 0 Å². The summed E-state index contributed by atoms with van der Waals surface area (Å²) in [6.07, 6.45) is 4.30. The smallest absolute Gasteiger partial charge is 0.150 e. The molecule has 1 aromatic rings. The van der Waals surface area contributed by atoms with Crippen LogP contribution in [0.5, 0.6) is 0 Å². The molecule has 2 heterocycles. The highest BCUT2D eigenvalue weighted by Crippen LogP contribution is 2.19. The van der Waals surface area contributed by atoms with Crippen LogP contribution >= 0.6 is 0 Å². The van der Waals surface area contributed by atoms with Gasteiger partial charge in [-0.25, -0.2) is 4.98 Å². The Bertz CT molecular complexity index is 358. The second-order valence-corrected chi connectivity index (χ2v) is 4.53. The summed E-state index contributed by atoms with van der Waals surface area (Å²) in [5.41, 5.74) is 2.00. The first kappa shape index (κ1) is 11.3. The van der Waals surface area contributed by atoms with Crippen LogP contribution in [0.3, 0.4) is 0 Å². The van der Waals surface area contributed by atoms with Crippen molar-refractivity contribution >= 4 is 5.82 Å². The number of aromatic nitrogens is 2. The van der Waals surface area contributed by atoms with E-state index in [1.54, 1.807) is 0 Å². The lowest BCUT2D eigenvalue weighted by molar-refractivity contribution is 0.442. The molecule has 0 aliphatic carbocycles. The van der Waals surface area contributed by atoms with Crippen molar-refractivity contribution in [3.05, 3.63) is 17.6 Å². The molecule has 1 N–H and O–H groups in total. The highest BCUT2D eigenvalue weighted by Gasteiger charge is 2.20. The van der Waals surface area contributed by atoms with Gasteiger partial charge in [0.1, 0.15) is 5.82 Å². The molecule has 0 saturated carbocycles. The summed E-state index contributed by atoms with van der Waals surface area (Å²) in [4.78, 5) is 11.2. The molecule has 1 unspecified atom stereocenters. The predicted octanol–water partition coefficient (Wildman–Crippen LogP) is 1.28. The molecule has 1 aliphatic rings. The maximum Gasteiger partial charge on any atom is 0.150 e. The van der Waals surface area contributed by atoms with Crippen LogP contribution in [0.15, 0.2) is 6.20 Å². The molecule has 0 aromatic carbocycles. The maximum absolute atomic E-state index is 4.58. The van der Waals surface area contributed by atoms with Crippen LogP contribution in [0.4, 0.5) is 5.82 Å². The molecule has 1 fully saturated rings. The van der Waals surface area contributed by atoms with Crippen molar-refractivity contribution in [3.8, 4) is 0 Å². The SMILES string of the molecule is Cc1cnc(C)c(N(C)C2CCCNC2)n1. The topological polar surface area (TPSA) is 41.1 Å². The third kappa shape index (κ3) is 2.32. The Kier molecular flexibility index (Phi) is 3.39. The standard InChI is InChI=1S/C12H20N4/c1-9-7-14-10(2)12(15-9)16(3)11-5-4-6-13-8-11/h7,11,13H,4-6,8H2,1-3H3. The van der Waals surface area contributed by atoms with Crippen LogP contribution in [-0.2, 0) is 0 Å². The van der Waals surface area contributed by atoms with Crippen molar-refractivity contribution in [1.29, 1.82) is 0 Å². The lowest BCUT2D eigenvalue weighted by Crippen LogP contribution is -2.44. The minimum Gasteiger partial charge on any atom is -0.354 e. The minimum absolute atomic E-state index is 0.545. The zero-order valence-corrected chi connectivity index (χ0v) is 10.3. The number of aryl methyl sites for hydroxylation is 2. The normalized spacial score (nSPS) is 20.8. The molecule has 16 heavy (non-hydrogen) atoms. The van der Waals surface area contributed by atoms with Crippen molar-refractivity contribution in [2.45, 2.75) is 32.7 Å². The van der Waals surface area contributed by atoms with Gasteiger partial charge in [-0.1, -0.05) is 0 Å². The maximum atomic E-state index is 4.58. The highest BCUT2D eigenvalue weighted by molar-refractivity contribution is 5.43. The first-order chi connectivity index (χ1) is 7.68. The lowest BCUT2D eigenvalue weighted by atomic mass is 10.1. The van der Waals surface area contributed by atoms with Crippen LogP contribution in [0.25, 0.3) is 0 Å². The Morgan fingerprint density at radius 3 is 2.94 bits per heavy atom. The Morgan fingerprint density at radius 1 is 1.44 bits per heavy atom. The van der Waals surface area contributed by atoms with Gasteiger partial charge < -0.3 is 10.2 Å². The molecule has 4 heteroatoms. The van der Waals surface area contributed by atoms with Crippen LogP contribution in [-0.4, -0.2) is 36.1 Å². The first-order valence-corrected chi connectivity index (χ1v) is 5.92. The molecule has 0 amide bonds. The van der Waals surface area contributed by atoms with Gasteiger partial charge in [-0.3, -0.25) is 4.98 Å². The number of piperidine rings is 1. The number of nitrogens with zero attached hydrogens (tertiary/aromatic N) is 3. The molecule has 1 aromatic heterocycles. The van der Waals surface area contributed by atoms with E-state index >= 15 is 0 Å². The molecule has 0 bridgehead atoms. The summed E-state index contributed by atoms with van der Waals surface area (Å²) in [5, 5.41) is 3.43. The average Bonchev–Trinajstić information content (AvgIpc) is 2.32. The summed E-state index contributed by atoms with van der Waals surface area (Å²) in [6.45, 7) is 6.20. The van der Waals surface area contributed by atoms with E-state index in [1.165, 1.54) is 12.8 Å². The van der Waals surface area contributed by atoms with E-state index in [1.807, 2.05) is 20.0 Å². The predicted molar refractivity (Wildman–Crippen MR) is 65.8 cm³/mol. The van der Waals surface area contributed by atoms with Crippen molar-refractivity contribution < 1.29 is 0 Å². The highest BCUT2D eigenvalue weighted by atomic mass is 15.2. The van der Waals surface area contributed by atoms with Crippen LogP contribution in [0.2, 0.25) is 0 Å². The number of likely N-dealkylation sites (N-methyl/N-ethyl adjacent to an activating group) is 1. The summed E-state index contributed by atoms with van der Waals surface area (Å²) in [7, 11) is 2.12. The minimum atomic E-state index is 0.545. The van der Waals surface area contributed by atoms with Gasteiger partial charge in [0.25, 0.3) is 0 Å². The number of hydrogen-bond acceptors (Lipinski definition) is 4. The Morgan fingerprint density at radius 2 is 2.25 bits per heavy atom. The number of anilines is 1. The van der Waals surface area contributed by atoms with E-state index in [4.69, 9.17) is 0 Å². The molecule has 4 nitrogen and oxygen atoms in total. The van der Waals surface area contributed by atoms with Gasteiger partial charge in [0.15, 0.2) is 0 Å². The molecular formula is C12H20N4.